The molecule has 0 spiro atoms. The molecule has 2 heteroatoms. The summed E-state index contributed by atoms with van der Waals surface area (Å²) in [6, 6.07) is 11.0. The van der Waals surface area contributed by atoms with E-state index in [1.165, 1.54) is 6.08 Å². The fourth-order valence-electron chi connectivity index (χ4n) is 0.845. The quantitative estimate of drug-likeness (QED) is 0.581. The molecule has 12 heavy (non-hydrogen) atoms. The molecule has 0 heterocycles. The van der Waals surface area contributed by atoms with Gasteiger partial charge in [-0.3, -0.25) is 0 Å². The molecule has 0 unspecified atom stereocenters. The molecule has 56 valence electrons. The van der Waals surface area contributed by atoms with E-state index >= 15 is 0 Å². The minimum absolute atomic E-state index is 0.607. The normalized spacial score (nSPS) is 9.17. The van der Waals surface area contributed by atoms with E-state index in [0.29, 0.717) is 5.56 Å². The van der Waals surface area contributed by atoms with Gasteiger partial charge in [0.1, 0.15) is 0 Å². The summed E-state index contributed by atoms with van der Waals surface area (Å²) >= 11 is 0. The Kier molecular flexibility index (Phi) is 2.65. The molecule has 0 fully saturated rings. The van der Waals surface area contributed by atoms with Crippen LogP contribution in [-0.4, -0.2) is 0 Å². The van der Waals surface area contributed by atoms with E-state index in [2.05, 4.69) is 0 Å². The third-order valence-electron chi connectivity index (χ3n) is 1.37. The van der Waals surface area contributed by atoms with Gasteiger partial charge in [-0.15, -0.1) is 0 Å². The first kappa shape index (κ1) is 8.04. The molecule has 1 aromatic rings. The standard InChI is InChI=1S/C10H6N2/c11-6-2-5-9-3-1-4-10(7-9)8-12/h1-5,7H. The molecule has 0 aromatic heterocycles. The van der Waals surface area contributed by atoms with E-state index < -0.39 is 0 Å². The summed E-state index contributed by atoms with van der Waals surface area (Å²) in [5.41, 5.74) is 1.48. The Hall–Kier alpha value is -2.06. The van der Waals surface area contributed by atoms with Crippen molar-refractivity contribution in [1.82, 2.24) is 0 Å². The highest BCUT2D eigenvalue weighted by Gasteiger charge is 1.89. The number of nitrogens with zero attached hydrogens (tertiary/aromatic N) is 2. The topological polar surface area (TPSA) is 47.6 Å². The molecule has 0 N–H and O–H groups in total. The summed E-state index contributed by atoms with van der Waals surface area (Å²) in [5.74, 6) is 0. The molecule has 2 nitrogen and oxygen atoms in total. The zero-order valence-electron chi connectivity index (χ0n) is 6.36. The van der Waals surface area contributed by atoms with Crippen LogP contribution in [0.3, 0.4) is 0 Å². The van der Waals surface area contributed by atoms with Crippen LogP contribution in [-0.2, 0) is 0 Å². The molecular weight excluding hydrogens is 148 g/mol. The number of allylic oxidation sites excluding steroid dienone is 1. The van der Waals surface area contributed by atoms with Crippen LogP contribution in [0.4, 0.5) is 0 Å². The maximum absolute atomic E-state index is 8.55. The molecule has 0 aliphatic carbocycles. The van der Waals surface area contributed by atoms with Crippen LogP contribution < -0.4 is 0 Å². The molecule has 0 aliphatic rings. The van der Waals surface area contributed by atoms with Gasteiger partial charge < -0.3 is 0 Å². The monoisotopic (exact) mass is 154 g/mol. The summed E-state index contributed by atoms with van der Waals surface area (Å²) in [7, 11) is 0. The van der Waals surface area contributed by atoms with Crippen LogP contribution in [0.1, 0.15) is 11.1 Å². The molecule has 0 atom stereocenters. The average molecular weight is 154 g/mol. The van der Waals surface area contributed by atoms with Crippen molar-refractivity contribution in [2.24, 2.45) is 0 Å². The fourth-order valence-corrected chi connectivity index (χ4v) is 0.845. The number of rotatable bonds is 1. The number of nitriles is 2. The minimum Gasteiger partial charge on any atom is -0.193 e. The van der Waals surface area contributed by atoms with E-state index in [0.717, 1.165) is 5.56 Å². The smallest absolute Gasteiger partial charge is 0.0991 e. The van der Waals surface area contributed by atoms with Crippen molar-refractivity contribution in [2.75, 3.05) is 0 Å². The van der Waals surface area contributed by atoms with E-state index in [4.69, 9.17) is 10.5 Å². The first-order chi connectivity index (χ1) is 5.86. The van der Waals surface area contributed by atoms with Gasteiger partial charge in [-0.1, -0.05) is 12.1 Å². The Morgan fingerprint density at radius 1 is 1.25 bits per heavy atom. The first-order valence-electron chi connectivity index (χ1n) is 3.43. The van der Waals surface area contributed by atoms with Crippen LogP contribution in [0.15, 0.2) is 30.3 Å². The van der Waals surface area contributed by atoms with Crippen molar-refractivity contribution < 1.29 is 0 Å². The van der Waals surface area contributed by atoms with Crippen molar-refractivity contribution in [3.8, 4) is 12.1 Å². The van der Waals surface area contributed by atoms with E-state index in [1.807, 2.05) is 18.2 Å². The summed E-state index contributed by atoms with van der Waals surface area (Å²) < 4.78 is 0. The van der Waals surface area contributed by atoms with E-state index in [9.17, 15) is 0 Å². The highest BCUT2D eigenvalue weighted by atomic mass is 14.2. The minimum atomic E-state index is 0.607. The first-order valence-corrected chi connectivity index (χ1v) is 3.43. The Labute approximate surface area is 71.0 Å². The third kappa shape index (κ3) is 1.97. The number of hydrogen-bond donors (Lipinski definition) is 0. The summed E-state index contributed by atoms with van der Waals surface area (Å²) in [6.07, 6.45) is 3.05. The lowest BCUT2D eigenvalue weighted by Gasteiger charge is -1.91. The van der Waals surface area contributed by atoms with Crippen LogP contribution in [0, 0.1) is 22.7 Å². The molecule has 0 saturated carbocycles. The Morgan fingerprint density at radius 2 is 2.08 bits per heavy atom. The van der Waals surface area contributed by atoms with Gasteiger partial charge >= 0.3 is 0 Å². The van der Waals surface area contributed by atoms with Crippen molar-refractivity contribution in [3.05, 3.63) is 41.5 Å². The average Bonchev–Trinajstić information content (AvgIpc) is 2.15. The SMILES string of the molecule is N#CC=Cc1cccc(C#N)c1. The van der Waals surface area contributed by atoms with Crippen molar-refractivity contribution in [3.63, 3.8) is 0 Å². The van der Waals surface area contributed by atoms with Crippen LogP contribution in [0.5, 0.6) is 0 Å². The Balaban J connectivity index is 2.98. The summed E-state index contributed by atoms with van der Waals surface area (Å²) in [4.78, 5) is 0. The maximum Gasteiger partial charge on any atom is 0.0991 e. The van der Waals surface area contributed by atoms with Gasteiger partial charge in [0, 0.05) is 6.08 Å². The largest absolute Gasteiger partial charge is 0.193 e. The zero-order valence-corrected chi connectivity index (χ0v) is 6.36. The second-order valence-corrected chi connectivity index (χ2v) is 2.20. The summed E-state index contributed by atoms with van der Waals surface area (Å²) in [5, 5.41) is 16.8. The lowest BCUT2D eigenvalue weighted by Crippen LogP contribution is -1.75. The second-order valence-electron chi connectivity index (χ2n) is 2.20. The van der Waals surface area contributed by atoms with Gasteiger partial charge in [0.2, 0.25) is 0 Å². The van der Waals surface area contributed by atoms with Crippen LogP contribution in [0.25, 0.3) is 6.08 Å². The summed E-state index contributed by atoms with van der Waals surface area (Å²) in [6.45, 7) is 0. The van der Waals surface area contributed by atoms with E-state index in [-0.39, 0.29) is 0 Å². The third-order valence-corrected chi connectivity index (χ3v) is 1.37. The highest BCUT2D eigenvalue weighted by molar-refractivity contribution is 5.54. The molecule has 0 aliphatic heterocycles. The zero-order chi connectivity index (χ0) is 8.81. The molecule has 0 radical (unpaired) electrons. The second kappa shape index (κ2) is 3.95. The molecule has 1 rings (SSSR count). The lowest BCUT2D eigenvalue weighted by atomic mass is 10.1. The molecular formula is C10H6N2. The highest BCUT2D eigenvalue weighted by Crippen LogP contribution is 2.05. The lowest BCUT2D eigenvalue weighted by molar-refractivity contribution is 1.48. The molecule has 0 bridgehead atoms. The number of benzene rings is 1. The molecule has 0 amide bonds. The van der Waals surface area contributed by atoms with Gasteiger partial charge in [0.05, 0.1) is 17.7 Å². The Bertz CT molecular complexity index is 378. The molecule has 0 saturated heterocycles. The van der Waals surface area contributed by atoms with Gasteiger partial charge in [0.25, 0.3) is 0 Å². The predicted molar refractivity (Wildman–Crippen MR) is 45.8 cm³/mol. The van der Waals surface area contributed by atoms with Crippen LogP contribution in [0.2, 0.25) is 0 Å². The Morgan fingerprint density at radius 3 is 2.75 bits per heavy atom. The van der Waals surface area contributed by atoms with Gasteiger partial charge in [0.15, 0.2) is 0 Å². The van der Waals surface area contributed by atoms with E-state index in [1.54, 1.807) is 24.3 Å². The predicted octanol–water partition coefficient (Wildman–Crippen LogP) is 2.10. The van der Waals surface area contributed by atoms with Crippen molar-refractivity contribution >= 4 is 6.08 Å². The maximum atomic E-state index is 8.55. The van der Waals surface area contributed by atoms with Gasteiger partial charge in [-0.05, 0) is 23.8 Å². The van der Waals surface area contributed by atoms with Crippen LogP contribution >= 0.6 is 0 Å². The molecule has 1 aromatic carbocycles. The fraction of sp³-hybridized carbons (Fsp3) is 0. The van der Waals surface area contributed by atoms with Crippen molar-refractivity contribution in [1.29, 1.82) is 10.5 Å². The van der Waals surface area contributed by atoms with Gasteiger partial charge in [-0.25, -0.2) is 0 Å². The number of hydrogen-bond acceptors (Lipinski definition) is 2. The van der Waals surface area contributed by atoms with Crippen molar-refractivity contribution in [2.45, 2.75) is 0 Å². The van der Waals surface area contributed by atoms with Gasteiger partial charge in [-0.2, -0.15) is 10.5 Å².